The lowest BCUT2D eigenvalue weighted by atomic mass is 10.1. The predicted molar refractivity (Wildman–Crippen MR) is 59.5 cm³/mol. The Bertz CT molecular complexity index is 118. The van der Waals surface area contributed by atoms with Crippen LogP contribution in [-0.2, 0) is 4.74 Å². The van der Waals surface area contributed by atoms with Crippen LogP contribution < -0.4 is 5.32 Å². The van der Waals surface area contributed by atoms with Crippen LogP contribution in [0.4, 0.5) is 0 Å². The van der Waals surface area contributed by atoms with Crippen molar-refractivity contribution in [2.75, 3.05) is 19.8 Å². The maximum Gasteiger partial charge on any atom is 0.0590 e. The van der Waals surface area contributed by atoms with E-state index >= 15 is 0 Å². The van der Waals surface area contributed by atoms with E-state index in [4.69, 9.17) is 9.84 Å². The lowest BCUT2D eigenvalue weighted by Crippen LogP contribution is -2.32. The molecule has 0 aromatic heterocycles. The highest BCUT2D eigenvalue weighted by Crippen LogP contribution is 1.95. The van der Waals surface area contributed by atoms with Crippen molar-refractivity contribution in [1.29, 1.82) is 0 Å². The second kappa shape index (κ2) is 9.44. The van der Waals surface area contributed by atoms with Crippen molar-refractivity contribution in [3.05, 3.63) is 0 Å². The first-order valence-corrected chi connectivity index (χ1v) is 5.66. The summed E-state index contributed by atoms with van der Waals surface area (Å²) in [5.41, 5.74) is 0. The Hall–Kier alpha value is -0.120. The number of hydrogen-bond acceptors (Lipinski definition) is 3. The van der Waals surface area contributed by atoms with Gasteiger partial charge in [0.15, 0.2) is 0 Å². The fraction of sp³-hybridized carbons (Fsp3) is 1.00. The van der Waals surface area contributed by atoms with Crippen LogP contribution in [0.5, 0.6) is 0 Å². The maximum absolute atomic E-state index is 9.12. The first kappa shape index (κ1) is 13.9. The average molecular weight is 203 g/mol. The standard InChI is InChI=1S/C11H25NO2/c1-4-5-7-14-8-6-12-10(2)9-11(3)13/h10-13H,4-9H2,1-3H3. The van der Waals surface area contributed by atoms with Gasteiger partial charge in [-0.3, -0.25) is 0 Å². The van der Waals surface area contributed by atoms with Gasteiger partial charge in [-0.15, -0.1) is 0 Å². The van der Waals surface area contributed by atoms with E-state index in [0.717, 1.165) is 32.6 Å². The third-order valence-corrected chi connectivity index (χ3v) is 2.08. The van der Waals surface area contributed by atoms with Gasteiger partial charge in [0.1, 0.15) is 0 Å². The predicted octanol–water partition coefficient (Wildman–Crippen LogP) is 1.55. The van der Waals surface area contributed by atoms with Crippen LogP contribution in [0.15, 0.2) is 0 Å². The number of rotatable bonds is 9. The molecule has 3 heteroatoms. The highest BCUT2D eigenvalue weighted by molar-refractivity contribution is 4.63. The van der Waals surface area contributed by atoms with Crippen molar-refractivity contribution >= 4 is 0 Å². The molecule has 0 aromatic carbocycles. The summed E-state index contributed by atoms with van der Waals surface area (Å²) in [6, 6.07) is 0.366. The minimum absolute atomic E-state index is 0.224. The molecule has 0 bridgehead atoms. The van der Waals surface area contributed by atoms with Gasteiger partial charge in [-0.05, 0) is 26.7 Å². The molecular formula is C11H25NO2. The molecule has 0 heterocycles. The Morgan fingerprint density at radius 1 is 1.29 bits per heavy atom. The Morgan fingerprint density at radius 3 is 2.57 bits per heavy atom. The molecule has 0 saturated heterocycles. The van der Waals surface area contributed by atoms with Crippen LogP contribution in [0.1, 0.15) is 40.0 Å². The van der Waals surface area contributed by atoms with Gasteiger partial charge in [0.05, 0.1) is 12.7 Å². The fourth-order valence-electron chi connectivity index (χ4n) is 1.32. The summed E-state index contributed by atoms with van der Waals surface area (Å²) in [4.78, 5) is 0. The van der Waals surface area contributed by atoms with Gasteiger partial charge in [0, 0.05) is 19.2 Å². The van der Waals surface area contributed by atoms with E-state index in [1.807, 2.05) is 6.92 Å². The molecule has 0 rings (SSSR count). The molecule has 2 unspecified atom stereocenters. The summed E-state index contributed by atoms with van der Waals surface area (Å²) < 4.78 is 5.40. The number of ether oxygens (including phenoxy) is 1. The third kappa shape index (κ3) is 9.96. The molecule has 0 fully saturated rings. The zero-order valence-electron chi connectivity index (χ0n) is 9.75. The van der Waals surface area contributed by atoms with Crippen LogP contribution >= 0.6 is 0 Å². The summed E-state index contributed by atoms with van der Waals surface area (Å²) in [6.45, 7) is 8.56. The van der Waals surface area contributed by atoms with Gasteiger partial charge in [-0.1, -0.05) is 13.3 Å². The molecule has 2 N–H and O–H groups in total. The highest BCUT2D eigenvalue weighted by Gasteiger charge is 2.04. The molecule has 14 heavy (non-hydrogen) atoms. The minimum atomic E-state index is -0.224. The van der Waals surface area contributed by atoms with Crippen LogP contribution in [0, 0.1) is 0 Å². The molecule has 0 aromatic rings. The molecule has 0 aliphatic heterocycles. The molecule has 0 aliphatic rings. The van der Waals surface area contributed by atoms with E-state index in [1.165, 1.54) is 6.42 Å². The summed E-state index contributed by atoms with van der Waals surface area (Å²) in [5.74, 6) is 0. The first-order chi connectivity index (χ1) is 6.66. The van der Waals surface area contributed by atoms with Crippen LogP contribution in [0.25, 0.3) is 0 Å². The second-order valence-corrected chi connectivity index (χ2v) is 3.91. The van der Waals surface area contributed by atoms with Crippen molar-refractivity contribution in [1.82, 2.24) is 5.32 Å². The topological polar surface area (TPSA) is 41.5 Å². The highest BCUT2D eigenvalue weighted by atomic mass is 16.5. The van der Waals surface area contributed by atoms with Crippen molar-refractivity contribution in [3.63, 3.8) is 0 Å². The van der Waals surface area contributed by atoms with Crippen LogP contribution in [0.2, 0.25) is 0 Å². The van der Waals surface area contributed by atoms with Crippen LogP contribution in [0.3, 0.4) is 0 Å². The molecule has 3 nitrogen and oxygen atoms in total. The summed E-state index contributed by atoms with van der Waals surface area (Å²) in [7, 11) is 0. The maximum atomic E-state index is 9.12. The van der Waals surface area contributed by atoms with Gasteiger partial charge in [-0.25, -0.2) is 0 Å². The van der Waals surface area contributed by atoms with E-state index in [1.54, 1.807) is 0 Å². The number of aliphatic hydroxyl groups excluding tert-OH is 1. The van der Waals surface area contributed by atoms with Crippen molar-refractivity contribution in [3.8, 4) is 0 Å². The van der Waals surface area contributed by atoms with E-state index < -0.39 is 0 Å². The molecule has 0 radical (unpaired) electrons. The molecule has 0 amide bonds. The lowest BCUT2D eigenvalue weighted by Gasteiger charge is -2.15. The lowest BCUT2D eigenvalue weighted by molar-refractivity contribution is 0.126. The number of hydrogen-bond donors (Lipinski definition) is 2. The van der Waals surface area contributed by atoms with E-state index in [-0.39, 0.29) is 6.10 Å². The average Bonchev–Trinajstić information content (AvgIpc) is 2.10. The van der Waals surface area contributed by atoms with Gasteiger partial charge in [-0.2, -0.15) is 0 Å². The van der Waals surface area contributed by atoms with E-state index in [0.29, 0.717) is 6.04 Å². The summed E-state index contributed by atoms with van der Waals surface area (Å²) in [6.07, 6.45) is 2.91. The normalized spacial score (nSPS) is 15.4. The largest absolute Gasteiger partial charge is 0.393 e. The monoisotopic (exact) mass is 203 g/mol. The first-order valence-electron chi connectivity index (χ1n) is 5.66. The SMILES string of the molecule is CCCCOCCNC(C)CC(C)O. The summed E-state index contributed by atoms with van der Waals surface area (Å²) in [5, 5.41) is 12.4. The Balaban J connectivity index is 3.10. The molecule has 0 saturated carbocycles. The smallest absolute Gasteiger partial charge is 0.0590 e. The number of aliphatic hydroxyl groups is 1. The zero-order chi connectivity index (χ0) is 10.8. The fourth-order valence-corrected chi connectivity index (χ4v) is 1.32. The van der Waals surface area contributed by atoms with Gasteiger partial charge in [0.2, 0.25) is 0 Å². The summed E-state index contributed by atoms with van der Waals surface area (Å²) >= 11 is 0. The quantitative estimate of drug-likeness (QED) is 0.559. The Morgan fingerprint density at radius 2 is 2.00 bits per heavy atom. The number of unbranched alkanes of at least 4 members (excludes halogenated alkanes) is 1. The molecule has 86 valence electrons. The Labute approximate surface area is 87.8 Å². The van der Waals surface area contributed by atoms with Crippen molar-refractivity contribution < 1.29 is 9.84 Å². The Kier molecular flexibility index (Phi) is 9.35. The van der Waals surface area contributed by atoms with Crippen molar-refractivity contribution in [2.45, 2.75) is 52.2 Å². The molecular weight excluding hydrogens is 178 g/mol. The van der Waals surface area contributed by atoms with Crippen molar-refractivity contribution in [2.24, 2.45) is 0 Å². The zero-order valence-corrected chi connectivity index (χ0v) is 9.75. The van der Waals surface area contributed by atoms with Gasteiger partial charge < -0.3 is 15.2 Å². The molecule has 2 atom stereocenters. The molecule has 0 spiro atoms. The number of nitrogens with one attached hydrogen (secondary N) is 1. The van der Waals surface area contributed by atoms with E-state index in [9.17, 15) is 0 Å². The van der Waals surface area contributed by atoms with Crippen LogP contribution in [-0.4, -0.2) is 37.0 Å². The minimum Gasteiger partial charge on any atom is -0.393 e. The molecule has 0 aliphatic carbocycles. The second-order valence-electron chi connectivity index (χ2n) is 3.91. The van der Waals surface area contributed by atoms with Gasteiger partial charge >= 0.3 is 0 Å². The van der Waals surface area contributed by atoms with E-state index in [2.05, 4.69) is 19.2 Å². The third-order valence-electron chi connectivity index (χ3n) is 2.08. The van der Waals surface area contributed by atoms with Gasteiger partial charge in [0.25, 0.3) is 0 Å².